The summed E-state index contributed by atoms with van der Waals surface area (Å²) in [6, 6.07) is 0. The molecule has 2 fully saturated rings. The molecule has 0 aromatic rings. The van der Waals surface area contributed by atoms with E-state index in [1.54, 1.807) is 0 Å². The molecule has 9 heteroatoms. The molecule has 2 rings (SSSR count). The quantitative estimate of drug-likeness (QED) is 0.526. The van der Waals surface area contributed by atoms with E-state index in [9.17, 15) is 14.4 Å². The minimum Gasteiger partial charge on any atom is -0.366 e. The number of nitrogens with one attached hydrogen (secondary N) is 2. The van der Waals surface area contributed by atoms with E-state index in [4.69, 9.17) is 4.74 Å². The van der Waals surface area contributed by atoms with E-state index >= 15 is 0 Å². The Kier molecular flexibility index (Phi) is 12.2. The van der Waals surface area contributed by atoms with Crippen molar-refractivity contribution in [2.75, 3.05) is 52.4 Å². The first-order valence-electron chi connectivity index (χ1n) is 10.6. The SMILES string of the molecule is CC(C)CC(=O)N1CCN(C(=O)CCCCCNC(=O)C2CNCCO2)CC1.Cl. The van der Waals surface area contributed by atoms with E-state index < -0.39 is 0 Å². The number of ether oxygens (including phenoxy) is 1. The van der Waals surface area contributed by atoms with Gasteiger partial charge in [0, 0.05) is 58.7 Å². The van der Waals surface area contributed by atoms with E-state index in [1.165, 1.54) is 0 Å². The molecule has 0 aromatic heterocycles. The van der Waals surface area contributed by atoms with E-state index in [0.717, 1.165) is 25.8 Å². The van der Waals surface area contributed by atoms with Crippen molar-refractivity contribution in [3.05, 3.63) is 0 Å². The van der Waals surface area contributed by atoms with Crippen LogP contribution in [0.1, 0.15) is 46.0 Å². The number of hydrogen-bond donors (Lipinski definition) is 2. The summed E-state index contributed by atoms with van der Waals surface area (Å²) in [6.07, 6.45) is 3.31. The summed E-state index contributed by atoms with van der Waals surface area (Å²) in [6.45, 7) is 9.18. The van der Waals surface area contributed by atoms with Crippen LogP contribution >= 0.6 is 12.4 Å². The van der Waals surface area contributed by atoms with Crippen LogP contribution in [-0.4, -0.2) is 86.0 Å². The second-order valence-corrected chi connectivity index (χ2v) is 8.02. The molecule has 0 aliphatic carbocycles. The molecule has 0 spiro atoms. The van der Waals surface area contributed by atoms with Crippen LogP contribution in [0.4, 0.5) is 0 Å². The average molecular weight is 433 g/mol. The Hall–Kier alpha value is -1.38. The number of morpholine rings is 1. The largest absolute Gasteiger partial charge is 0.366 e. The van der Waals surface area contributed by atoms with Crippen molar-refractivity contribution in [3.8, 4) is 0 Å². The van der Waals surface area contributed by atoms with Crippen LogP contribution in [0.25, 0.3) is 0 Å². The summed E-state index contributed by atoms with van der Waals surface area (Å²) in [4.78, 5) is 40.1. The molecular formula is C20H37ClN4O4. The van der Waals surface area contributed by atoms with Gasteiger partial charge >= 0.3 is 0 Å². The van der Waals surface area contributed by atoms with Gasteiger partial charge in [-0.05, 0) is 18.8 Å². The Morgan fingerprint density at radius 2 is 1.69 bits per heavy atom. The highest BCUT2D eigenvalue weighted by Gasteiger charge is 2.24. The number of halogens is 1. The van der Waals surface area contributed by atoms with Gasteiger partial charge in [-0.25, -0.2) is 0 Å². The molecule has 2 N–H and O–H groups in total. The van der Waals surface area contributed by atoms with Gasteiger partial charge in [0.2, 0.25) is 17.7 Å². The number of nitrogens with zero attached hydrogens (tertiary/aromatic N) is 2. The van der Waals surface area contributed by atoms with Gasteiger partial charge in [0.1, 0.15) is 6.10 Å². The minimum absolute atomic E-state index is 0. The topological polar surface area (TPSA) is 91.0 Å². The standard InChI is InChI=1S/C20H36N4O4.ClH/c1-16(2)14-19(26)24-11-9-23(10-12-24)18(25)6-4-3-5-7-22-20(27)17-15-21-8-13-28-17;/h16-17,21H,3-15H2,1-2H3,(H,22,27);1H. The molecule has 2 saturated heterocycles. The predicted octanol–water partition coefficient (Wildman–Crippen LogP) is 0.790. The van der Waals surface area contributed by atoms with Gasteiger partial charge in [-0.1, -0.05) is 20.3 Å². The number of amides is 3. The first-order chi connectivity index (χ1) is 13.5. The highest BCUT2D eigenvalue weighted by molar-refractivity contribution is 5.85. The second kappa shape index (κ2) is 13.8. The lowest BCUT2D eigenvalue weighted by molar-refractivity contribution is -0.140. The summed E-state index contributed by atoms with van der Waals surface area (Å²) in [5.74, 6) is 0.664. The average Bonchev–Trinajstić information content (AvgIpc) is 2.70. The molecule has 2 heterocycles. The molecule has 3 amide bonds. The van der Waals surface area contributed by atoms with Gasteiger partial charge in [0.05, 0.1) is 6.61 Å². The molecule has 0 aromatic carbocycles. The summed E-state index contributed by atoms with van der Waals surface area (Å²) in [5.41, 5.74) is 0. The molecule has 29 heavy (non-hydrogen) atoms. The zero-order valence-corrected chi connectivity index (χ0v) is 18.6. The maximum Gasteiger partial charge on any atom is 0.250 e. The Labute approximate surface area is 180 Å². The Balaban J connectivity index is 0.00000420. The molecule has 0 saturated carbocycles. The fraction of sp³-hybridized carbons (Fsp3) is 0.850. The Morgan fingerprint density at radius 3 is 2.28 bits per heavy atom. The van der Waals surface area contributed by atoms with E-state index in [2.05, 4.69) is 10.6 Å². The van der Waals surface area contributed by atoms with Crippen LogP contribution in [0.2, 0.25) is 0 Å². The van der Waals surface area contributed by atoms with Crippen LogP contribution in [0.3, 0.4) is 0 Å². The number of piperazine rings is 1. The summed E-state index contributed by atoms with van der Waals surface area (Å²) in [5, 5.41) is 6.03. The zero-order valence-electron chi connectivity index (χ0n) is 17.8. The van der Waals surface area contributed by atoms with Crippen LogP contribution in [0.15, 0.2) is 0 Å². The summed E-state index contributed by atoms with van der Waals surface area (Å²) >= 11 is 0. The molecule has 8 nitrogen and oxygen atoms in total. The molecule has 2 aliphatic rings. The van der Waals surface area contributed by atoms with E-state index in [1.807, 2.05) is 23.6 Å². The second-order valence-electron chi connectivity index (χ2n) is 8.02. The van der Waals surface area contributed by atoms with Crippen molar-refractivity contribution >= 4 is 30.1 Å². The third kappa shape index (κ3) is 9.31. The monoisotopic (exact) mass is 432 g/mol. The minimum atomic E-state index is -0.388. The van der Waals surface area contributed by atoms with Crippen molar-refractivity contribution in [2.24, 2.45) is 5.92 Å². The number of unbranched alkanes of at least 4 members (excludes halogenated alkanes) is 2. The number of carbonyl (C=O) groups excluding carboxylic acids is 3. The number of rotatable bonds is 9. The maximum absolute atomic E-state index is 12.3. The normalized spacial score (nSPS) is 19.6. The molecular weight excluding hydrogens is 396 g/mol. The van der Waals surface area contributed by atoms with Gasteiger partial charge in [-0.2, -0.15) is 0 Å². The van der Waals surface area contributed by atoms with Crippen LogP contribution in [-0.2, 0) is 19.1 Å². The van der Waals surface area contributed by atoms with E-state index in [-0.39, 0.29) is 36.2 Å². The fourth-order valence-electron chi connectivity index (χ4n) is 3.48. The highest BCUT2D eigenvalue weighted by Crippen LogP contribution is 2.10. The van der Waals surface area contributed by atoms with Gasteiger partial charge in [0.15, 0.2) is 0 Å². The smallest absolute Gasteiger partial charge is 0.250 e. The first kappa shape index (κ1) is 25.7. The predicted molar refractivity (Wildman–Crippen MR) is 114 cm³/mol. The number of hydrogen-bond acceptors (Lipinski definition) is 5. The lowest BCUT2D eigenvalue weighted by atomic mass is 10.1. The van der Waals surface area contributed by atoms with Gasteiger partial charge < -0.3 is 25.2 Å². The van der Waals surface area contributed by atoms with Gasteiger partial charge in [-0.3, -0.25) is 14.4 Å². The highest BCUT2D eigenvalue weighted by atomic mass is 35.5. The molecule has 1 atom stereocenters. The lowest BCUT2D eigenvalue weighted by Crippen LogP contribution is -2.50. The lowest BCUT2D eigenvalue weighted by Gasteiger charge is -2.35. The van der Waals surface area contributed by atoms with Crippen molar-refractivity contribution in [3.63, 3.8) is 0 Å². The Morgan fingerprint density at radius 1 is 1.03 bits per heavy atom. The van der Waals surface area contributed by atoms with Crippen LogP contribution in [0, 0.1) is 5.92 Å². The van der Waals surface area contributed by atoms with E-state index in [0.29, 0.717) is 64.6 Å². The maximum atomic E-state index is 12.3. The summed E-state index contributed by atoms with van der Waals surface area (Å²) in [7, 11) is 0. The zero-order chi connectivity index (χ0) is 20.4. The molecule has 2 aliphatic heterocycles. The molecule has 0 radical (unpaired) electrons. The van der Waals surface area contributed by atoms with Crippen molar-refractivity contribution in [1.82, 2.24) is 20.4 Å². The molecule has 1 unspecified atom stereocenters. The first-order valence-corrected chi connectivity index (χ1v) is 10.6. The number of carbonyl (C=O) groups is 3. The van der Waals surface area contributed by atoms with Crippen molar-refractivity contribution < 1.29 is 19.1 Å². The van der Waals surface area contributed by atoms with Crippen LogP contribution in [0.5, 0.6) is 0 Å². The molecule has 168 valence electrons. The fourth-order valence-corrected chi connectivity index (χ4v) is 3.48. The third-order valence-electron chi connectivity index (χ3n) is 5.15. The molecule has 0 bridgehead atoms. The third-order valence-corrected chi connectivity index (χ3v) is 5.15. The summed E-state index contributed by atoms with van der Waals surface area (Å²) < 4.78 is 5.41. The van der Waals surface area contributed by atoms with Crippen molar-refractivity contribution in [2.45, 2.75) is 52.1 Å². The van der Waals surface area contributed by atoms with Gasteiger partial charge in [-0.15, -0.1) is 12.4 Å². The van der Waals surface area contributed by atoms with Crippen LogP contribution < -0.4 is 10.6 Å². The van der Waals surface area contributed by atoms with Crippen molar-refractivity contribution in [1.29, 1.82) is 0 Å². The Bertz CT molecular complexity index is 519. The van der Waals surface area contributed by atoms with Gasteiger partial charge in [0.25, 0.3) is 0 Å².